The van der Waals surface area contributed by atoms with Gasteiger partial charge in [0.1, 0.15) is 42.7 Å². The van der Waals surface area contributed by atoms with Gasteiger partial charge in [0, 0.05) is 12.8 Å². The molecule has 51 heavy (non-hydrogen) atoms. The number of unbranched alkanes of at least 4 members (excludes halogenated alkanes) is 24. The number of hydrogen-bond acceptors (Lipinski definition) is 10. The van der Waals surface area contributed by atoms with E-state index in [9.17, 15) is 45.3 Å². The van der Waals surface area contributed by atoms with Crippen molar-refractivity contribution in [1.82, 2.24) is 0 Å². The fraction of sp³-hybridized carbons (Fsp3) is 0.951. The number of ketones is 2. The highest BCUT2D eigenvalue weighted by Gasteiger charge is 2.60. The first kappa shape index (κ1) is 48.0. The van der Waals surface area contributed by atoms with Crippen molar-refractivity contribution in [3.8, 4) is 0 Å². The van der Waals surface area contributed by atoms with Gasteiger partial charge >= 0.3 is 0 Å². The van der Waals surface area contributed by atoms with Gasteiger partial charge in [-0.05, 0) is 12.8 Å². The van der Waals surface area contributed by atoms with Crippen molar-refractivity contribution in [2.45, 2.75) is 242 Å². The van der Waals surface area contributed by atoms with E-state index >= 15 is 0 Å². The number of rotatable bonds is 34. The lowest BCUT2D eigenvalue weighted by molar-refractivity contribution is -0.282. The van der Waals surface area contributed by atoms with Crippen LogP contribution in [0.3, 0.4) is 0 Å². The highest BCUT2D eigenvalue weighted by atomic mass is 16.6. The first-order valence-corrected chi connectivity index (χ1v) is 21.0. The van der Waals surface area contributed by atoms with Crippen molar-refractivity contribution in [3.63, 3.8) is 0 Å². The Labute approximate surface area is 309 Å². The first-order chi connectivity index (χ1) is 24.6. The number of Topliss-reactive ketones (excluding diaryl/α,β-unsaturated/α-hetero) is 2. The van der Waals surface area contributed by atoms with Gasteiger partial charge in [-0.2, -0.15) is 0 Å². The smallest absolute Gasteiger partial charge is 0.180 e. The summed E-state index contributed by atoms with van der Waals surface area (Å²) in [5.41, 5.74) is -2.98. The maximum Gasteiger partial charge on any atom is 0.180 e. The van der Waals surface area contributed by atoms with Crippen LogP contribution in [0.25, 0.3) is 0 Å². The number of carbonyl (C=O) groups is 2. The molecule has 1 heterocycles. The zero-order valence-corrected chi connectivity index (χ0v) is 32.4. The van der Waals surface area contributed by atoms with Gasteiger partial charge in [-0.3, -0.25) is 9.59 Å². The summed E-state index contributed by atoms with van der Waals surface area (Å²) in [5, 5.41) is 75.1. The summed E-state index contributed by atoms with van der Waals surface area (Å²) in [6.45, 7) is 3.63. The molecule has 0 aromatic carbocycles. The van der Waals surface area contributed by atoms with Crippen LogP contribution in [0.4, 0.5) is 0 Å². The Morgan fingerprint density at radius 2 is 0.902 bits per heavy atom. The monoisotopic (exact) mass is 731 g/mol. The van der Waals surface area contributed by atoms with Gasteiger partial charge in [-0.15, -0.1) is 0 Å². The van der Waals surface area contributed by atoms with E-state index in [2.05, 4.69) is 13.8 Å². The SMILES string of the molecule is CCCCCCCCCCCCCCCC(=O)C(O)C(O)C(O)(C(=O)CCCCCCCCCCCCCCC)[C@@H]1O[C@H](CO)[C@@H](O)[C@H](O)[C@H]1O. The van der Waals surface area contributed by atoms with Gasteiger partial charge in [-0.1, -0.05) is 168 Å². The second-order valence-corrected chi connectivity index (χ2v) is 15.3. The van der Waals surface area contributed by atoms with Crippen LogP contribution in [-0.2, 0) is 14.3 Å². The van der Waals surface area contributed by atoms with Gasteiger partial charge in [0.25, 0.3) is 0 Å². The van der Waals surface area contributed by atoms with Crippen molar-refractivity contribution in [3.05, 3.63) is 0 Å². The van der Waals surface area contributed by atoms with E-state index in [4.69, 9.17) is 4.74 Å². The highest BCUT2D eigenvalue weighted by molar-refractivity contribution is 5.91. The molecule has 1 aliphatic rings. The molecule has 1 rings (SSSR count). The normalized spacial score (nSPS) is 23.2. The number of aliphatic hydroxyl groups excluding tert-OH is 6. The molecule has 0 bridgehead atoms. The van der Waals surface area contributed by atoms with E-state index in [0.29, 0.717) is 19.3 Å². The van der Waals surface area contributed by atoms with E-state index < -0.39 is 66.5 Å². The molecule has 0 aromatic heterocycles. The predicted molar refractivity (Wildman–Crippen MR) is 201 cm³/mol. The maximum absolute atomic E-state index is 13.6. The molecule has 1 saturated heterocycles. The lowest BCUT2D eigenvalue weighted by Crippen LogP contribution is -2.72. The van der Waals surface area contributed by atoms with Gasteiger partial charge in [0.15, 0.2) is 17.2 Å². The van der Waals surface area contributed by atoms with Crippen LogP contribution in [-0.4, -0.2) is 102 Å². The summed E-state index contributed by atoms with van der Waals surface area (Å²) >= 11 is 0. The second kappa shape index (κ2) is 29.4. The molecular formula is C41H78O10. The third kappa shape index (κ3) is 18.3. The predicted octanol–water partition coefficient (Wildman–Crippen LogP) is 6.38. The lowest BCUT2D eigenvalue weighted by Gasteiger charge is -2.48. The molecule has 0 aromatic rings. The molecule has 10 nitrogen and oxygen atoms in total. The second-order valence-electron chi connectivity index (χ2n) is 15.3. The molecule has 302 valence electrons. The molecule has 0 amide bonds. The van der Waals surface area contributed by atoms with E-state index in [1.165, 1.54) is 103 Å². The molecule has 1 fully saturated rings. The zero-order valence-electron chi connectivity index (χ0n) is 32.4. The molecule has 0 radical (unpaired) electrons. The Kier molecular flexibility index (Phi) is 27.7. The number of aliphatic hydroxyl groups is 7. The van der Waals surface area contributed by atoms with Crippen LogP contribution in [0, 0.1) is 0 Å². The molecule has 0 saturated carbocycles. The van der Waals surface area contributed by atoms with Crippen LogP contribution in [0.15, 0.2) is 0 Å². The van der Waals surface area contributed by atoms with Crippen molar-refractivity contribution >= 4 is 11.6 Å². The van der Waals surface area contributed by atoms with Gasteiger partial charge < -0.3 is 40.5 Å². The summed E-state index contributed by atoms with van der Waals surface area (Å²) in [7, 11) is 0. The maximum atomic E-state index is 13.6. The summed E-state index contributed by atoms with van der Waals surface area (Å²) in [6, 6.07) is 0. The Hall–Kier alpha value is -0.980. The Morgan fingerprint density at radius 1 is 0.549 bits per heavy atom. The molecule has 0 aliphatic carbocycles. The van der Waals surface area contributed by atoms with Crippen molar-refractivity contribution in [2.75, 3.05) is 6.61 Å². The van der Waals surface area contributed by atoms with Crippen LogP contribution >= 0.6 is 0 Å². The highest BCUT2D eigenvalue weighted by Crippen LogP contribution is 2.34. The zero-order chi connectivity index (χ0) is 37.9. The van der Waals surface area contributed by atoms with E-state index in [1.807, 2.05) is 0 Å². The third-order valence-electron chi connectivity index (χ3n) is 10.9. The molecule has 8 atom stereocenters. The largest absolute Gasteiger partial charge is 0.394 e. The average molecular weight is 731 g/mol. The third-order valence-corrected chi connectivity index (χ3v) is 10.9. The Morgan fingerprint density at radius 3 is 1.27 bits per heavy atom. The molecule has 0 spiro atoms. The van der Waals surface area contributed by atoms with Crippen LogP contribution in [0.5, 0.6) is 0 Å². The number of carbonyl (C=O) groups excluding carboxylic acids is 2. The van der Waals surface area contributed by atoms with Gasteiger partial charge in [0.2, 0.25) is 0 Å². The van der Waals surface area contributed by atoms with E-state index in [-0.39, 0.29) is 12.8 Å². The summed E-state index contributed by atoms with van der Waals surface area (Å²) in [5.74, 6) is -1.70. The summed E-state index contributed by atoms with van der Waals surface area (Å²) in [6.07, 6.45) is 14.8. The van der Waals surface area contributed by atoms with Crippen molar-refractivity contribution in [2.24, 2.45) is 0 Å². The average Bonchev–Trinajstić information content (AvgIpc) is 3.13. The van der Waals surface area contributed by atoms with Crippen LogP contribution < -0.4 is 0 Å². The standard InChI is InChI=1S/C41H78O10/c1-3-5-7-9-11-13-15-17-19-21-23-25-27-29-32(43)35(45)39(49)41(50,40-38(48)37(47)36(46)33(31-42)51-40)34(44)30-28-26-24-22-20-18-16-14-12-10-8-6-4-2/h33,35-40,42,45-50H,3-31H2,1-2H3/t33-,35?,36-,37+,38-,39?,40-,41?/m1/s1. The first-order valence-electron chi connectivity index (χ1n) is 21.0. The van der Waals surface area contributed by atoms with Gasteiger partial charge in [-0.25, -0.2) is 0 Å². The minimum absolute atomic E-state index is 0.0617. The number of ether oxygens (including phenoxy) is 1. The van der Waals surface area contributed by atoms with Crippen LogP contribution in [0.2, 0.25) is 0 Å². The number of hydrogen-bond donors (Lipinski definition) is 7. The Balaban J connectivity index is 2.63. The fourth-order valence-corrected chi connectivity index (χ4v) is 7.34. The molecular weight excluding hydrogens is 652 g/mol. The fourth-order valence-electron chi connectivity index (χ4n) is 7.34. The molecule has 7 N–H and O–H groups in total. The van der Waals surface area contributed by atoms with Crippen molar-refractivity contribution in [1.29, 1.82) is 0 Å². The minimum atomic E-state index is -2.98. The van der Waals surface area contributed by atoms with Gasteiger partial charge in [0.05, 0.1) is 6.61 Å². The minimum Gasteiger partial charge on any atom is -0.394 e. The summed E-state index contributed by atoms with van der Waals surface area (Å²) in [4.78, 5) is 26.6. The summed E-state index contributed by atoms with van der Waals surface area (Å²) < 4.78 is 5.51. The Bertz CT molecular complexity index is 869. The molecule has 1 aliphatic heterocycles. The van der Waals surface area contributed by atoms with Crippen LogP contribution in [0.1, 0.15) is 194 Å². The quantitative estimate of drug-likeness (QED) is 0.0367. The van der Waals surface area contributed by atoms with E-state index in [0.717, 1.165) is 44.9 Å². The topological polar surface area (TPSA) is 185 Å². The lowest BCUT2D eigenvalue weighted by atomic mass is 9.75. The molecule has 10 heteroatoms. The van der Waals surface area contributed by atoms with Crippen molar-refractivity contribution < 1.29 is 50.1 Å². The van der Waals surface area contributed by atoms with E-state index in [1.54, 1.807) is 0 Å². The molecule has 3 unspecified atom stereocenters.